The number of hydrogen-bond acceptors (Lipinski definition) is 4. The van der Waals surface area contributed by atoms with Crippen LogP contribution in [0.2, 0.25) is 0 Å². The molecule has 0 heterocycles. The van der Waals surface area contributed by atoms with E-state index in [0.717, 1.165) is 4.47 Å². The highest BCUT2D eigenvalue weighted by atomic mass is 79.9. The maximum absolute atomic E-state index is 11.1. The van der Waals surface area contributed by atoms with Crippen LogP contribution in [0.15, 0.2) is 16.6 Å². The molecular weight excluding hydrogens is 316 g/mol. The highest BCUT2D eigenvalue weighted by Crippen LogP contribution is 2.40. The first-order chi connectivity index (χ1) is 8.81. The van der Waals surface area contributed by atoms with Crippen molar-refractivity contribution in [2.45, 2.75) is 13.8 Å². The summed E-state index contributed by atoms with van der Waals surface area (Å²) in [6, 6.07) is 3.46. The lowest BCUT2D eigenvalue weighted by molar-refractivity contribution is -0.148. The van der Waals surface area contributed by atoms with Gasteiger partial charge in [0.2, 0.25) is 5.75 Å². The Morgan fingerprint density at radius 2 is 1.74 bits per heavy atom. The second kappa shape index (κ2) is 6.14. The summed E-state index contributed by atoms with van der Waals surface area (Å²) in [5, 5.41) is 9.07. The predicted octanol–water partition coefficient (Wildman–Crippen LogP) is 2.96. The van der Waals surface area contributed by atoms with Gasteiger partial charge in [-0.25, -0.2) is 0 Å². The molecule has 19 heavy (non-hydrogen) atoms. The van der Waals surface area contributed by atoms with Gasteiger partial charge in [0.25, 0.3) is 0 Å². The number of hydrogen-bond donors (Lipinski definition) is 1. The van der Waals surface area contributed by atoms with Crippen molar-refractivity contribution in [2.24, 2.45) is 5.41 Å². The molecule has 0 atom stereocenters. The Hall–Kier alpha value is -1.43. The summed E-state index contributed by atoms with van der Waals surface area (Å²) < 4.78 is 16.8. The van der Waals surface area contributed by atoms with E-state index >= 15 is 0 Å². The van der Waals surface area contributed by atoms with Crippen LogP contribution in [0.5, 0.6) is 17.2 Å². The van der Waals surface area contributed by atoms with Gasteiger partial charge in [0, 0.05) is 4.47 Å². The van der Waals surface area contributed by atoms with E-state index in [2.05, 4.69) is 15.9 Å². The Labute approximate surface area is 120 Å². The minimum atomic E-state index is -0.997. The molecular formula is C13H17BrO5. The molecule has 0 spiro atoms. The monoisotopic (exact) mass is 332 g/mol. The van der Waals surface area contributed by atoms with E-state index in [-0.39, 0.29) is 6.61 Å². The van der Waals surface area contributed by atoms with Gasteiger partial charge < -0.3 is 19.3 Å². The Bertz CT molecular complexity index is 445. The fraction of sp³-hybridized carbons (Fsp3) is 0.462. The first-order valence-corrected chi connectivity index (χ1v) is 6.39. The normalized spacial score (nSPS) is 11.0. The molecule has 6 heteroatoms. The quantitative estimate of drug-likeness (QED) is 0.867. The molecule has 1 aromatic rings. The summed E-state index contributed by atoms with van der Waals surface area (Å²) in [7, 11) is 3.02. The maximum Gasteiger partial charge on any atom is 0.312 e. The number of carbonyl (C=O) groups is 1. The Morgan fingerprint density at radius 3 is 2.11 bits per heavy atom. The number of halogens is 1. The largest absolute Gasteiger partial charge is 0.493 e. The summed E-state index contributed by atoms with van der Waals surface area (Å²) in [6.45, 7) is 3.19. The number of aliphatic carboxylic acids is 1. The van der Waals surface area contributed by atoms with Crippen LogP contribution in [0.4, 0.5) is 0 Å². The molecule has 0 aliphatic rings. The van der Waals surface area contributed by atoms with Gasteiger partial charge in [-0.05, 0) is 26.0 Å². The zero-order chi connectivity index (χ0) is 14.6. The van der Waals surface area contributed by atoms with E-state index in [4.69, 9.17) is 19.3 Å². The molecule has 1 aromatic carbocycles. The van der Waals surface area contributed by atoms with E-state index in [1.165, 1.54) is 14.2 Å². The molecule has 0 amide bonds. The van der Waals surface area contributed by atoms with Crippen molar-refractivity contribution < 1.29 is 24.1 Å². The molecule has 5 nitrogen and oxygen atoms in total. The highest BCUT2D eigenvalue weighted by Gasteiger charge is 2.29. The van der Waals surface area contributed by atoms with Gasteiger partial charge in [0.05, 0.1) is 19.6 Å². The summed E-state index contributed by atoms with van der Waals surface area (Å²) in [4.78, 5) is 11.1. The molecule has 0 bridgehead atoms. The number of carboxylic acid groups (broad SMARTS) is 1. The van der Waals surface area contributed by atoms with Crippen LogP contribution >= 0.6 is 15.9 Å². The standard InChI is InChI=1S/C13H17BrO5/c1-13(2,12(15)16)7-19-11-9(17-3)5-8(14)6-10(11)18-4/h5-6H,7H2,1-4H3,(H,15,16). The number of carboxylic acids is 1. The smallest absolute Gasteiger partial charge is 0.312 e. The fourth-order valence-electron chi connectivity index (χ4n) is 1.30. The second-order valence-electron chi connectivity index (χ2n) is 4.62. The van der Waals surface area contributed by atoms with Crippen LogP contribution < -0.4 is 14.2 Å². The van der Waals surface area contributed by atoms with E-state index in [1.807, 2.05) is 0 Å². The molecule has 106 valence electrons. The van der Waals surface area contributed by atoms with E-state index in [9.17, 15) is 4.79 Å². The molecule has 0 fully saturated rings. The Kier molecular flexibility index (Phi) is 5.05. The third kappa shape index (κ3) is 3.76. The molecule has 0 aliphatic heterocycles. The van der Waals surface area contributed by atoms with Gasteiger partial charge >= 0.3 is 5.97 Å². The fourth-order valence-corrected chi connectivity index (χ4v) is 1.72. The summed E-state index contributed by atoms with van der Waals surface area (Å²) >= 11 is 3.33. The van der Waals surface area contributed by atoms with Crippen molar-refractivity contribution in [1.82, 2.24) is 0 Å². The van der Waals surface area contributed by atoms with Crippen LogP contribution in [0.3, 0.4) is 0 Å². The zero-order valence-electron chi connectivity index (χ0n) is 11.3. The average Bonchev–Trinajstić information content (AvgIpc) is 2.35. The molecule has 0 saturated heterocycles. The molecule has 1 rings (SSSR count). The molecule has 0 aliphatic carbocycles. The van der Waals surface area contributed by atoms with Crippen molar-refractivity contribution in [1.29, 1.82) is 0 Å². The third-order valence-corrected chi connectivity index (χ3v) is 3.04. The lowest BCUT2D eigenvalue weighted by Crippen LogP contribution is -2.30. The molecule has 0 unspecified atom stereocenters. The molecule has 0 saturated carbocycles. The maximum atomic E-state index is 11.1. The first-order valence-electron chi connectivity index (χ1n) is 5.59. The average molecular weight is 333 g/mol. The van der Waals surface area contributed by atoms with Crippen molar-refractivity contribution >= 4 is 21.9 Å². The highest BCUT2D eigenvalue weighted by molar-refractivity contribution is 9.10. The van der Waals surface area contributed by atoms with Gasteiger partial charge in [0.15, 0.2) is 11.5 Å². The van der Waals surface area contributed by atoms with Gasteiger partial charge in [-0.3, -0.25) is 4.79 Å². The van der Waals surface area contributed by atoms with Crippen LogP contribution in [0.25, 0.3) is 0 Å². The summed E-state index contributed by atoms with van der Waals surface area (Å²) in [6.07, 6.45) is 0. The Morgan fingerprint density at radius 1 is 1.26 bits per heavy atom. The first kappa shape index (κ1) is 15.6. The predicted molar refractivity (Wildman–Crippen MR) is 74.2 cm³/mol. The Balaban J connectivity index is 3.03. The van der Waals surface area contributed by atoms with Gasteiger partial charge in [-0.1, -0.05) is 15.9 Å². The van der Waals surface area contributed by atoms with E-state index < -0.39 is 11.4 Å². The van der Waals surface area contributed by atoms with E-state index in [0.29, 0.717) is 17.2 Å². The minimum absolute atomic E-state index is 0.0106. The van der Waals surface area contributed by atoms with Gasteiger partial charge in [-0.2, -0.15) is 0 Å². The summed E-state index contributed by atoms with van der Waals surface area (Å²) in [5.41, 5.74) is -0.997. The molecule has 0 aromatic heterocycles. The topological polar surface area (TPSA) is 65.0 Å². The molecule has 0 radical (unpaired) electrons. The van der Waals surface area contributed by atoms with Crippen molar-refractivity contribution in [3.05, 3.63) is 16.6 Å². The van der Waals surface area contributed by atoms with Gasteiger partial charge in [-0.15, -0.1) is 0 Å². The van der Waals surface area contributed by atoms with Crippen molar-refractivity contribution in [2.75, 3.05) is 20.8 Å². The van der Waals surface area contributed by atoms with Gasteiger partial charge in [0.1, 0.15) is 6.61 Å². The lowest BCUT2D eigenvalue weighted by atomic mass is 9.95. The summed E-state index contributed by atoms with van der Waals surface area (Å²) in [5.74, 6) is 0.421. The van der Waals surface area contributed by atoms with Crippen LogP contribution in [0.1, 0.15) is 13.8 Å². The second-order valence-corrected chi connectivity index (χ2v) is 5.53. The van der Waals surface area contributed by atoms with Crippen LogP contribution in [-0.2, 0) is 4.79 Å². The number of methoxy groups -OCH3 is 2. The van der Waals surface area contributed by atoms with Crippen molar-refractivity contribution in [3.8, 4) is 17.2 Å². The van der Waals surface area contributed by atoms with Crippen LogP contribution in [-0.4, -0.2) is 31.9 Å². The third-order valence-electron chi connectivity index (χ3n) is 2.58. The van der Waals surface area contributed by atoms with Crippen LogP contribution in [0, 0.1) is 5.41 Å². The number of ether oxygens (including phenoxy) is 3. The minimum Gasteiger partial charge on any atom is -0.493 e. The zero-order valence-corrected chi connectivity index (χ0v) is 12.9. The SMILES string of the molecule is COc1cc(Br)cc(OC)c1OCC(C)(C)C(=O)O. The van der Waals surface area contributed by atoms with E-state index in [1.54, 1.807) is 26.0 Å². The number of benzene rings is 1. The lowest BCUT2D eigenvalue weighted by Gasteiger charge is -2.21. The molecule has 1 N–H and O–H groups in total. The van der Waals surface area contributed by atoms with Crippen molar-refractivity contribution in [3.63, 3.8) is 0 Å². The number of rotatable bonds is 6.